The number of aliphatic hydroxyl groups excluding tert-OH is 1. The zero-order valence-corrected chi connectivity index (χ0v) is 25.7. The number of aliphatic hydroxyl groups is 1. The number of anilines is 1. The van der Waals surface area contributed by atoms with Gasteiger partial charge in [-0.2, -0.15) is 14.4 Å². The second-order valence-electron chi connectivity index (χ2n) is 10.7. The standard InChI is InChI=1S/C31H48FN5O6/c1-4-6-7-8-9-10-11-12-13-14-15-16-17-18-21-42-25(39)22-43-30(40)35-27-26-28(36-29(32)34-27)37(24-33-26)20-19-31(5-2,23-38)41-3/h2,24,38H,4,6-23H2,1,3H3,(H,34,35,36,40). The van der Waals surface area contributed by atoms with Gasteiger partial charge in [0.05, 0.1) is 19.5 Å². The second-order valence-corrected chi connectivity index (χ2v) is 10.7. The average molecular weight is 606 g/mol. The zero-order valence-electron chi connectivity index (χ0n) is 25.7. The number of unbranched alkanes of at least 4 members (excludes halogenated alkanes) is 13. The van der Waals surface area contributed by atoms with Crippen LogP contribution in [0, 0.1) is 18.4 Å². The van der Waals surface area contributed by atoms with E-state index in [4.69, 9.17) is 20.6 Å². The van der Waals surface area contributed by atoms with Crippen molar-refractivity contribution >= 4 is 29.0 Å². The van der Waals surface area contributed by atoms with E-state index in [0.29, 0.717) is 0 Å². The minimum Gasteiger partial charge on any atom is -0.463 e. The summed E-state index contributed by atoms with van der Waals surface area (Å²) < 4.78 is 30.9. The van der Waals surface area contributed by atoms with Gasteiger partial charge in [0.2, 0.25) is 0 Å². The molecule has 0 aliphatic carbocycles. The molecule has 240 valence electrons. The van der Waals surface area contributed by atoms with E-state index in [1.54, 1.807) is 0 Å². The number of fused-ring (bicyclic) bond motifs is 1. The highest BCUT2D eigenvalue weighted by atomic mass is 19.1. The summed E-state index contributed by atoms with van der Waals surface area (Å²) in [6.45, 7) is 1.70. The molecule has 43 heavy (non-hydrogen) atoms. The number of rotatable bonds is 23. The number of aryl methyl sites for hydroxylation is 1. The SMILES string of the molecule is C#CC(CO)(CCn1cnc2c(NC(=O)OCC(=O)OCCCCCCCCCCCCCCCC)nc(F)nc21)OC. The number of imidazole rings is 1. The van der Waals surface area contributed by atoms with Crippen molar-refractivity contribution in [1.29, 1.82) is 0 Å². The lowest BCUT2D eigenvalue weighted by atomic mass is 10.0. The van der Waals surface area contributed by atoms with Crippen molar-refractivity contribution in [2.45, 2.75) is 115 Å². The van der Waals surface area contributed by atoms with Crippen LogP contribution in [-0.4, -0.2) is 69.2 Å². The molecule has 0 fully saturated rings. The summed E-state index contributed by atoms with van der Waals surface area (Å²) in [4.78, 5) is 35.7. The first-order valence-corrected chi connectivity index (χ1v) is 15.5. The molecule has 2 rings (SSSR count). The summed E-state index contributed by atoms with van der Waals surface area (Å²) in [7, 11) is 1.38. The molecule has 2 aromatic rings. The molecule has 0 saturated heterocycles. The third-order valence-corrected chi connectivity index (χ3v) is 7.40. The van der Waals surface area contributed by atoms with Crippen LogP contribution in [0.15, 0.2) is 6.33 Å². The summed E-state index contributed by atoms with van der Waals surface area (Å²) >= 11 is 0. The van der Waals surface area contributed by atoms with E-state index in [0.717, 1.165) is 19.3 Å². The quantitative estimate of drug-likeness (QED) is 0.0682. The highest BCUT2D eigenvalue weighted by Crippen LogP contribution is 2.21. The van der Waals surface area contributed by atoms with Gasteiger partial charge in [-0.25, -0.2) is 14.6 Å². The van der Waals surface area contributed by atoms with Crippen LogP contribution in [0.3, 0.4) is 0 Å². The Morgan fingerprint density at radius 3 is 2.16 bits per heavy atom. The highest BCUT2D eigenvalue weighted by molar-refractivity contribution is 5.93. The monoisotopic (exact) mass is 605 g/mol. The topological polar surface area (TPSA) is 138 Å². The number of halogens is 1. The molecule has 0 aliphatic rings. The van der Waals surface area contributed by atoms with Crippen molar-refractivity contribution in [2.75, 3.05) is 32.2 Å². The lowest BCUT2D eigenvalue weighted by Crippen LogP contribution is -2.35. The van der Waals surface area contributed by atoms with Gasteiger partial charge in [-0.3, -0.25) is 5.32 Å². The van der Waals surface area contributed by atoms with Crippen LogP contribution >= 0.6 is 0 Å². The van der Waals surface area contributed by atoms with Gasteiger partial charge in [0.25, 0.3) is 0 Å². The average Bonchev–Trinajstić information content (AvgIpc) is 3.42. The molecule has 2 N–H and O–H groups in total. The van der Waals surface area contributed by atoms with Crippen LogP contribution in [0.25, 0.3) is 11.2 Å². The number of nitrogens with zero attached hydrogens (tertiary/aromatic N) is 4. The molecular weight excluding hydrogens is 557 g/mol. The number of methoxy groups -OCH3 is 1. The van der Waals surface area contributed by atoms with Crippen molar-refractivity contribution < 1.29 is 33.3 Å². The maximum atomic E-state index is 14.1. The lowest BCUT2D eigenvalue weighted by molar-refractivity contribution is -0.147. The summed E-state index contributed by atoms with van der Waals surface area (Å²) in [6, 6.07) is 0. The van der Waals surface area contributed by atoms with Gasteiger partial charge in [-0.05, 0) is 6.42 Å². The molecule has 0 saturated carbocycles. The smallest absolute Gasteiger partial charge is 0.413 e. The Labute approximate surface area is 254 Å². The summed E-state index contributed by atoms with van der Waals surface area (Å²) in [5.74, 6) is 1.51. The molecular formula is C31H48FN5O6. The van der Waals surface area contributed by atoms with Gasteiger partial charge in [0.15, 0.2) is 29.2 Å². The Kier molecular flexibility index (Phi) is 17.2. The number of terminal acetylenes is 1. The molecule has 1 atom stereocenters. The van der Waals surface area contributed by atoms with Crippen molar-refractivity contribution in [2.24, 2.45) is 0 Å². The molecule has 0 radical (unpaired) electrons. The molecule has 0 aliphatic heterocycles. The number of nitrogens with one attached hydrogen (secondary N) is 1. The predicted molar refractivity (Wildman–Crippen MR) is 162 cm³/mol. The second kappa shape index (κ2) is 20.6. The first kappa shape index (κ1) is 35.9. The molecule has 11 nitrogen and oxygen atoms in total. The first-order chi connectivity index (χ1) is 20.9. The zero-order chi connectivity index (χ0) is 31.3. The minimum atomic E-state index is -1.21. The van der Waals surface area contributed by atoms with E-state index in [1.165, 1.54) is 88.6 Å². The fourth-order valence-electron chi connectivity index (χ4n) is 4.67. The summed E-state index contributed by atoms with van der Waals surface area (Å²) in [5, 5.41) is 11.9. The van der Waals surface area contributed by atoms with E-state index in [-0.39, 0.29) is 36.6 Å². The van der Waals surface area contributed by atoms with Crippen molar-refractivity contribution in [3.05, 3.63) is 12.4 Å². The van der Waals surface area contributed by atoms with E-state index in [9.17, 15) is 19.1 Å². The number of aromatic nitrogens is 4. The van der Waals surface area contributed by atoms with Gasteiger partial charge in [-0.1, -0.05) is 96.3 Å². The van der Waals surface area contributed by atoms with E-state index < -0.39 is 37.0 Å². The number of hydrogen-bond donors (Lipinski definition) is 2. The molecule has 2 heterocycles. The normalized spacial score (nSPS) is 12.5. The Balaban J connectivity index is 1.62. The van der Waals surface area contributed by atoms with Crippen molar-refractivity contribution in [1.82, 2.24) is 19.5 Å². The lowest BCUT2D eigenvalue weighted by Gasteiger charge is -2.24. The molecule has 0 spiro atoms. The Bertz CT molecular complexity index is 1150. The van der Waals surface area contributed by atoms with E-state index in [1.807, 2.05) is 0 Å². The van der Waals surface area contributed by atoms with Gasteiger partial charge < -0.3 is 23.9 Å². The number of carbonyl (C=O) groups is 2. The van der Waals surface area contributed by atoms with Gasteiger partial charge in [-0.15, -0.1) is 6.42 Å². The molecule has 1 unspecified atom stereocenters. The van der Waals surface area contributed by atoms with Crippen LogP contribution in [0.4, 0.5) is 15.0 Å². The number of ether oxygens (including phenoxy) is 3. The maximum Gasteiger partial charge on any atom is 0.413 e. The highest BCUT2D eigenvalue weighted by Gasteiger charge is 2.27. The van der Waals surface area contributed by atoms with Gasteiger partial charge in [0.1, 0.15) is 0 Å². The number of hydrogen-bond acceptors (Lipinski definition) is 9. The van der Waals surface area contributed by atoms with Crippen LogP contribution in [0.5, 0.6) is 0 Å². The number of esters is 1. The fourth-order valence-corrected chi connectivity index (χ4v) is 4.67. The largest absolute Gasteiger partial charge is 0.463 e. The van der Waals surface area contributed by atoms with E-state index >= 15 is 0 Å². The van der Waals surface area contributed by atoms with Crippen LogP contribution < -0.4 is 5.32 Å². The van der Waals surface area contributed by atoms with Crippen LogP contribution in [-0.2, 0) is 25.5 Å². The molecule has 0 bridgehead atoms. The fraction of sp³-hybridized carbons (Fsp3) is 0.710. The maximum absolute atomic E-state index is 14.1. The number of carbonyl (C=O) groups excluding carboxylic acids is 2. The molecule has 12 heteroatoms. The summed E-state index contributed by atoms with van der Waals surface area (Å²) in [5.41, 5.74) is -1.02. The number of amides is 1. The van der Waals surface area contributed by atoms with Gasteiger partial charge in [0, 0.05) is 20.1 Å². The molecule has 2 aromatic heterocycles. The third kappa shape index (κ3) is 13.3. The molecule has 0 aromatic carbocycles. The minimum absolute atomic E-state index is 0.0929. The Hall–Kier alpha value is -3.30. The van der Waals surface area contributed by atoms with Gasteiger partial charge >= 0.3 is 18.1 Å². The van der Waals surface area contributed by atoms with Crippen molar-refractivity contribution in [3.8, 4) is 12.3 Å². The first-order valence-electron chi connectivity index (χ1n) is 15.5. The van der Waals surface area contributed by atoms with Crippen LogP contribution in [0.2, 0.25) is 0 Å². The predicted octanol–water partition coefficient (Wildman–Crippen LogP) is 5.94. The van der Waals surface area contributed by atoms with E-state index in [2.05, 4.69) is 33.1 Å². The van der Waals surface area contributed by atoms with Crippen molar-refractivity contribution in [3.63, 3.8) is 0 Å². The summed E-state index contributed by atoms with van der Waals surface area (Å²) in [6.07, 6.45) is 22.2. The van der Waals surface area contributed by atoms with Crippen LogP contribution in [0.1, 0.15) is 103 Å². The molecule has 1 amide bonds. The Morgan fingerprint density at radius 1 is 1.00 bits per heavy atom. The third-order valence-electron chi connectivity index (χ3n) is 7.40. The Morgan fingerprint density at radius 2 is 1.60 bits per heavy atom.